The van der Waals surface area contributed by atoms with Crippen molar-refractivity contribution >= 4 is 5.91 Å². The summed E-state index contributed by atoms with van der Waals surface area (Å²) >= 11 is 0. The van der Waals surface area contributed by atoms with E-state index in [2.05, 4.69) is 5.32 Å². The molecule has 0 heterocycles. The van der Waals surface area contributed by atoms with Gasteiger partial charge in [0.15, 0.2) is 0 Å². The van der Waals surface area contributed by atoms with Gasteiger partial charge in [0.05, 0.1) is 12.7 Å². The number of halogens is 1. The topological polar surface area (TPSA) is 64.3 Å². The van der Waals surface area contributed by atoms with Crippen molar-refractivity contribution in [2.24, 2.45) is 5.73 Å². The Labute approximate surface area is 92.6 Å². The van der Waals surface area contributed by atoms with Gasteiger partial charge in [0.2, 0.25) is 0 Å². The maximum atomic E-state index is 13.5. The predicted molar refractivity (Wildman–Crippen MR) is 56.8 cm³/mol. The maximum absolute atomic E-state index is 13.5. The Hall–Kier alpha value is -1.62. The maximum Gasteiger partial charge on any atom is 0.254 e. The van der Waals surface area contributed by atoms with Crippen LogP contribution < -0.4 is 15.8 Å². The van der Waals surface area contributed by atoms with E-state index in [1.54, 1.807) is 6.07 Å². The second-order valence-corrected chi connectivity index (χ2v) is 3.83. The van der Waals surface area contributed by atoms with Gasteiger partial charge in [-0.1, -0.05) is 0 Å². The summed E-state index contributed by atoms with van der Waals surface area (Å²) in [5.41, 5.74) is 5.56. The van der Waals surface area contributed by atoms with Crippen LogP contribution in [0.3, 0.4) is 0 Å². The number of hydrogen-bond donors (Lipinski definition) is 2. The van der Waals surface area contributed by atoms with Gasteiger partial charge in [-0.3, -0.25) is 4.79 Å². The molecular formula is C11H13FN2O2. The van der Waals surface area contributed by atoms with Crippen LogP contribution in [-0.2, 0) is 0 Å². The van der Waals surface area contributed by atoms with Gasteiger partial charge in [0.25, 0.3) is 5.91 Å². The number of carbonyl (C=O) groups excluding carboxylic acids is 1. The fraction of sp³-hybridized carbons (Fsp3) is 0.364. The van der Waals surface area contributed by atoms with E-state index in [4.69, 9.17) is 10.5 Å². The molecule has 4 nitrogen and oxygen atoms in total. The Balaban J connectivity index is 2.10. The highest BCUT2D eigenvalue weighted by Gasteiger charge is 2.35. The van der Waals surface area contributed by atoms with Crippen molar-refractivity contribution in [1.82, 2.24) is 5.32 Å². The fourth-order valence-electron chi connectivity index (χ4n) is 1.43. The number of nitrogens with two attached hydrogens (primary N) is 1. The van der Waals surface area contributed by atoms with Gasteiger partial charge in [-0.05, 0) is 18.6 Å². The van der Waals surface area contributed by atoms with Crippen molar-refractivity contribution in [3.8, 4) is 5.75 Å². The summed E-state index contributed by atoms with van der Waals surface area (Å²) in [4.78, 5) is 11.6. The minimum Gasteiger partial charge on any atom is -0.497 e. The van der Waals surface area contributed by atoms with E-state index < -0.39 is 11.7 Å². The Morgan fingerprint density at radius 2 is 2.31 bits per heavy atom. The monoisotopic (exact) mass is 224 g/mol. The summed E-state index contributed by atoms with van der Waals surface area (Å²) in [7, 11) is 1.44. The molecule has 0 aliphatic heterocycles. The van der Waals surface area contributed by atoms with Gasteiger partial charge in [0, 0.05) is 18.2 Å². The Kier molecular flexibility index (Phi) is 2.78. The largest absolute Gasteiger partial charge is 0.497 e. The van der Waals surface area contributed by atoms with Crippen molar-refractivity contribution < 1.29 is 13.9 Å². The first-order valence-electron chi connectivity index (χ1n) is 5.02. The SMILES string of the molecule is COc1ccc(C(=O)NC2CC2N)c(F)c1. The lowest BCUT2D eigenvalue weighted by Gasteiger charge is -2.06. The van der Waals surface area contributed by atoms with E-state index in [1.807, 2.05) is 0 Å². The Bertz CT molecular complexity index is 422. The van der Waals surface area contributed by atoms with E-state index in [9.17, 15) is 9.18 Å². The van der Waals surface area contributed by atoms with Gasteiger partial charge in [-0.25, -0.2) is 4.39 Å². The quantitative estimate of drug-likeness (QED) is 0.792. The molecule has 16 heavy (non-hydrogen) atoms. The van der Waals surface area contributed by atoms with E-state index in [0.717, 1.165) is 6.42 Å². The first-order valence-corrected chi connectivity index (χ1v) is 5.02. The molecule has 1 aliphatic carbocycles. The van der Waals surface area contributed by atoms with Gasteiger partial charge < -0.3 is 15.8 Å². The molecule has 86 valence electrons. The van der Waals surface area contributed by atoms with Crippen LogP contribution in [0.4, 0.5) is 4.39 Å². The van der Waals surface area contributed by atoms with Crippen molar-refractivity contribution in [1.29, 1.82) is 0 Å². The molecule has 3 N–H and O–H groups in total. The Morgan fingerprint density at radius 3 is 2.81 bits per heavy atom. The van der Waals surface area contributed by atoms with Crippen LogP contribution in [-0.4, -0.2) is 25.1 Å². The average Bonchev–Trinajstić information content (AvgIpc) is 2.93. The highest BCUT2D eigenvalue weighted by Crippen LogP contribution is 2.20. The summed E-state index contributed by atoms with van der Waals surface area (Å²) in [6.45, 7) is 0. The van der Waals surface area contributed by atoms with Crippen LogP contribution in [0.2, 0.25) is 0 Å². The van der Waals surface area contributed by atoms with Crippen LogP contribution in [0, 0.1) is 5.82 Å². The lowest BCUT2D eigenvalue weighted by Crippen LogP contribution is -2.30. The van der Waals surface area contributed by atoms with Crippen LogP contribution >= 0.6 is 0 Å². The van der Waals surface area contributed by atoms with E-state index in [0.29, 0.717) is 5.75 Å². The molecule has 1 aromatic carbocycles. The lowest BCUT2D eigenvalue weighted by molar-refractivity contribution is 0.0946. The third-order valence-electron chi connectivity index (χ3n) is 2.58. The average molecular weight is 224 g/mol. The number of benzene rings is 1. The number of carbonyl (C=O) groups is 1. The van der Waals surface area contributed by atoms with Crippen LogP contribution in [0.25, 0.3) is 0 Å². The summed E-state index contributed by atoms with van der Waals surface area (Å²) in [5.74, 6) is -0.638. The van der Waals surface area contributed by atoms with Crippen molar-refractivity contribution in [3.05, 3.63) is 29.6 Å². The molecule has 1 amide bonds. The molecule has 1 aromatic rings. The number of amides is 1. The standard InChI is InChI=1S/C11H13FN2O2/c1-16-6-2-3-7(8(12)4-6)11(15)14-10-5-9(10)13/h2-4,9-10H,5,13H2,1H3,(H,14,15). The number of hydrogen-bond acceptors (Lipinski definition) is 3. The normalized spacial score (nSPS) is 22.7. The zero-order valence-corrected chi connectivity index (χ0v) is 8.87. The minimum atomic E-state index is -0.592. The van der Waals surface area contributed by atoms with Gasteiger partial charge in [0.1, 0.15) is 11.6 Å². The third-order valence-corrected chi connectivity index (χ3v) is 2.58. The van der Waals surface area contributed by atoms with Crippen LogP contribution in [0.1, 0.15) is 16.8 Å². The fourth-order valence-corrected chi connectivity index (χ4v) is 1.43. The number of ether oxygens (including phenoxy) is 1. The molecule has 2 unspecified atom stereocenters. The van der Waals surface area contributed by atoms with Crippen LogP contribution in [0.15, 0.2) is 18.2 Å². The van der Waals surface area contributed by atoms with E-state index >= 15 is 0 Å². The molecule has 0 aromatic heterocycles. The molecule has 0 spiro atoms. The molecule has 2 atom stereocenters. The molecule has 1 saturated carbocycles. The highest BCUT2D eigenvalue weighted by molar-refractivity contribution is 5.95. The number of rotatable bonds is 3. The number of nitrogens with one attached hydrogen (secondary N) is 1. The molecule has 1 fully saturated rings. The van der Waals surface area contributed by atoms with Crippen LogP contribution in [0.5, 0.6) is 5.75 Å². The third kappa shape index (κ3) is 2.14. The molecule has 2 rings (SSSR count). The predicted octanol–water partition coefficient (Wildman–Crippen LogP) is 0.664. The first-order chi connectivity index (χ1) is 7.61. The Morgan fingerprint density at radius 1 is 1.62 bits per heavy atom. The van der Waals surface area contributed by atoms with E-state index in [-0.39, 0.29) is 17.6 Å². The smallest absolute Gasteiger partial charge is 0.254 e. The summed E-state index contributed by atoms with van der Waals surface area (Å²) in [6, 6.07) is 4.11. The first kappa shape index (κ1) is 10.9. The number of methoxy groups -OCH3 is 1. The highest BCUT2D eigenvalue weighted by atomic mass is 19.1. The van der Waals surface area contributed by atoms with Crippen molar-refractivity contribution in [2.75, 3.05) is 7.11 Å². The minimum absolute atomic E-state index is 0.00487. The summed E-state index contributed by atoms with van der Waals surface area (Å²) < 4.78 is 18.3. The van der Waals surface area contributed by atoms with Gasteiger partial charge in [-0.2, -0.15) is 0 Å². The molecule has 1 aliphatic rings. The molecule has 0 bridgehead atoms. The van der Waals surface area contributed by atoms with Crippen molar-refractivity contribution in [3.63, 3.8) is 0 Å². The van der Waals surface area contributed by atoms with Gasteiger partial charge >= 0.3 is 0 Å². The molecule has 5 heteroatoms. The second kappa shape index (κ2) is 4.09. The molecule has 0 saturated heterocycles. The molecule has 0 radical (unpaired) electrons. The second-order valence-electron chi connectivity index (χ2n) is 3.83. The summed E-state index contributed by atoms with van der Waals surface area (Å²) in [6.07, 6.45) is 0.753. The van der Waals surface area contributed by atoms with Gasteiger partial charge in [-0.15, -0.1) is 0 Å². The van der Waals surface area contributed by atoms with Crippen molar-refractivity contribution in [2.45, 2.75) is 18.5 Å². The lowest BCUT2D eigenvalue weighted by atomic mass is 10.2. The summed E-state index contributed by atoms with van der Waals surface area (Å²) in [5, 5.41) is 2.65. The zero-order valence-electron chi connectivity index (χ0n) is 8.87. The molecular weight excluding hydrogens is 211 g/mol. The zero-order chi connectivity index (χ0) is 11.7. The van der Waals surface area contributed by atoms with E-state index in [1.165, 1.54) is 19.2 Å².